The van der Waals surface area contributed by atoms with E-state index in [9.17, 15) is 14.4 Å². The summed E-state index contributed by atoms with van der Waals surface area (Å²) in [5.74, 6) is -1.09. The van der Waals surface area contributed by atoms with E-state index in [1.165, 1.54) is 7.11 Å². The number of hydrogen-bond donors (Lipinski definition) is 3. The molecule has 0 saturated heterocycles. The lowest BCUT2D eigenvalue weighted by molar-refractivity contribution is -0.145. The molecule has 0 bridgehead atoms. The predicted octanol–water partition coefficient (Wildman–Crippen LogP) is 3.91. The normalized spacial score (nSPS) is 12.4. The van der Waals surface area contributed by atoms with Gasteiger partial charge in [0.1, 0.15) is 18.7 Å². The molecule has 3 aromatic carbocycles. The first-order chi connectivity index (χ1) is 18.0. The number of amides is 2. The van der Waals surface area contributed by atoms with Crippen molar-refractivity contribution < 1.29 is 23.9 Å². The number of rotatable bonds is 10. The van der Waals surface area contributed by atoms with Crippen LogP contribution in [0.3, 0.4) is 0 Å². The molecule has 8 nitrogen and oxygen atoms in total. The number of alkyl carbamates (subject to hydrolysis) is 1. The number of benzene rings is 3. The van der Waals surface area contributed by atoms with Crippen LogP contribution in [0.5, 0.6) is 0 Å². The number of hydrogen-bond acceptors (Lipinski definition) is 5. The number of aromatic nitrogens is 1. The fraction of sp³-hybridized carbons (Fsp3) is 0.207. The molecule has 1 aromatic heterocycles. The highest BCUT2D eigenvalue weighted by Gasteiger charge is 2.29. The number of fused-ring (bicyclic) bond motifs is 1. The largest absolute Gasteiger partial charge is 0.467 e. The molecule has 1 heterocycles. The fourth-order valence-corrected chi connectivity index (χ4v) is 4.09. The van der Waals surface area contributed by atoms with Gasteiger partial charge in [-0.15, -0.1) is 0 Å². The third kappa shape index (κ3) is 6.98. The van der Waals surface area contributed by atoms with Gasteiger partial charge in [0, 0.05) is 29.9 Å². The van der Waals surface area contributed by atoms with Gasteiger partial charge < -0.3 is 25.1 Å². The third-order valence-corrected chi connectivity index (χ3v) is 6.01. The van der Waals surface area contributed by atoms with Crippen molar-refractivity contribution in [2.24, 2.45) is 0 Å². The number of carbonyl (C=O) groups excluding carboxylic acids is 3. The van der Waals surface area contributed by atoms with Crippen molar-refractivity contribution in [2.75, 3.05) is 7.11 Å². The summed E-state index contributed by atoms with van der Waals surface area (Å²) >= 11 is 0. The predicted molar refractivity (Wildman–Crippen MR) is 140 cm³/mol. The zero-order valence-corrected chi connectivity index (χ0v) is 20.5. The summed E-state index contributed by atoms with van der Waals surface area (Å²) in [6.07, 6.45) is 1.51. The van der Waals surface area contributed by atoms with Gasteiger partial charge in [-0.2, -0.15) is 0 Å². The van der Waals surface area contributed by atoms with Crippen LogP contribution < -0.4 is 10.6 Å². The maximum absolute atomic E-state index is 13.4. The summed E-state index contributed by atoms with van der Waals surface area (Å²) in [5.41, 5.74) is 3.45. The summed E-state index contributed by atoms with van der Waals surface area (Å²) in [6.45, 7) is 0.0624. The summed E-state index contributed by atoms with van der Waals surface area (Å²) in [6, 6.07) is 24.3. The van der Waals surface area contributed by atoms with E-state index in [0.29, 0.717) is 0 Å². The van der Waals surface area contributed by atoms with Crippen molar-refractivity contribution in [3.63, 3.8) is 0 Å². The molecule has 3 N–H and O–H groups in total. The molecular weight excluding hydrogens is 470 g/mol. The van der Waals surface area contributed by atoms with Crippen molar-refractivity contribution in [1.29, 1.82) is 0 Å². The van der Waals surface area contributed by atoms with Gasteiger partial charge in [-0.3, -0.25) is 4.79 Å². The van der Waals surface area contributed by atoms with E-state index < -0.39 is 30.1 Å². The van der Waals surface area contributed by atoms with E-state index in [1.54, 1.807) is 0 Å². The molecule has 2 amide bonds. The second-order valence-corrected chi connectivity index (χ2v) is 8.60. The summed E-state index contributed by atoms with van der Waals surface area (Å²) in [5, 5.41) is 6.38. The Labute approximate surface area is 215 Å². The van der Waals surface area contributed by atoms with Crippen LogP contribution >= 0.6 is 0 Å². The van der Waals surface area contributed by atoms with Gasteiger partial charge in [0.2, 0.25) is 5.91 Å². The van der Waals surface area contributed by atoms with Crippen molar-refractivity contribution in [3.05, 3.63) is 108 Å². The van der Waals surface area contributed by atoms with Crippen molar-refractivity contribution in [2.45, 2.75) is 31.5 Å². The smallest absolute Gasteiger partial charge is 0.408 e. The first kappa shape index (κ1) is 25.5. The van der Waals surface area contributed by atoms with E-state index in [4.69, 9.17) is 9.47 Å². The molecular formula is C29H29N3O5. The number of para-hydroxylation sites is 1. The monoisotopic (exact) mass is 499 g/mol. The Kier molecular flexibility index (Phi) is 8.54. The van der Waals surface area contributed by atoms with Crippen molar-refractivity contribution in [3.8, 4) is 0 Å². The highest BCUT2D eigenvalue weighted by atomic mass is 16.5. The Morgan fingerprint density at radius 1 is 0.784 bits per heavy atom. The molecule has 8 heteroatoms. The average molecular weight is 500 g/mol. The molecule has 2 atom stereocenters. The van der Waals surface area contributed by atoms with Crippen LogP contribution in [0.25, 0.3) is 10.9 Å². The van der Waals surface area contributed by atoms with E-state index in [2.05, 4.69) is 15.6 Å². The molecule has 0 aliphatic carbocycles. The quantitative estimate of drug-likeness (QED) is 0.287. The SMILES string of the molecule is COC(=O)[C@@H](Cc1ccccc1)NC(=O)[C@H](Cc1c[nH]c2ccccc12)NC(=O)OCc1ccccc1. The summed E-state index contributed by atoms with van der Waals surface area (Å²) in [4.78, 5) is 41.8. The molecule has 0 aliphatic rings. The van der Waals surface area contributed by atoms with Gasteiger partial charge in [0.25, 0.3) is 0 Å². The number of methoxy groups -OCH3 is 1. The average Bonchev–Trinajstić information content (AvgIpc) is 3.34. The van der Waals surface area contributed by atoms with Gasteiger partial charge in [-0.05, 0) is 22.8 Å². The van der Waals surface area contributed by atoms with Crippen molar-refractivity contribution in [1.82, 2.24) is 15.6 Å². The third-order valence-electron chi connectivity index (χ3n) is 6.01. The van der Waals surface area contributed by atoms with Crippen LogP contribution in [0.15, 0.2) is 91.1 Å². The minimum atomic E-state index is -0.995. The molecule has 0 aliphatic heterocycles. The molecule has 4 aromatic rings. The van der Waals surface area contributed by atoms with Crippen LogP contribution in [0.4, 0.5) is 4.79 Å². The molecule has 0 spiro atoms. The van der Waals surface area contributed by atoms with E-state index in [0.717, 1.165) is 27.6 Å². The van der Waals surface area contributed by atoms with Crippen molar-refractivity contribution >= 4 is 28.9 Å². The Morgan fingerprint density at radius 2 is 1.43 bits per heavy atom. The van der Waals surface area contributed by atoms with Crippen LogP contribution in [-0.2, 0) is 38.5 Å². The second kappa shape index (κ2) is 12.4. The van der Waals surface area contributed by atoms with Crippen LogP contribution in [0.1, 0.15) is 16.7 Å². The van der Waals surface area contributed by atoms with Gasteiger partial charge >= 0.3 is 12.1 Å². The number of carbonyl (C=O) groups is 3. The van der Waals surface area contributed by atoms with Crippen LogP contribution in [-0.4, -0.2) is 42.1 Å². The summed E-state index contributed by atoms with van der Waals surface area (Å²) < 4.78 is 10.3. The lowest BCUT2D eigenvalue weighted by Gasteiger charge is -2.22. The summed E-state index contributed by atoms with van der Waals surface area (Å²) in [7, 11) is 1.27. The van der Waals surface area contributed by atoms with E-state index in [-0.39, 0.29) is 19.4 Å². The second-order valence-electron chi connectivity index (χ2n) is 8.60. The fourth-order valence-electron chi connectivity index (χ4n) is 4.09. The minimum absolute atomic E-state index is 0.0624. The number of ether oxygens (including phenoxy) is 2. The maximum atomic E-state index is 13.4. The van der Waals surface area contributed by atoms with Gasteiger partial charge in [-0.1, -0.05) is 78.9 Å². The molecule has 0 saturated carbocycles. The molecule has 37 heavy (non-hydrogen) atoms. The topological polar surface area (TPSA) is 110 Å². The number of esters is 1. The molecule has 4 rings (SSSR count). The Balaban J connectivity index is 1.51. The van der Waals surface area contributed by atoms with Gasteiger partial charge in [0.15, 0.2) is 0 Å². The molecule has 0 unspecified atom stereocenters. The standard InChI is InChI=1S/C29H29N3O5/c1-36-28(34)26(16-20-10-4-2-5-11-20)31-27(33)25(17-22-18-30-24-15-9-8-14-23(22)24)32-29(35)37-19-21-12-6-3-7-13-21/h2-15,18,25-26,30H,16-17,19H2,1H3,(H,31,33)(H,32,35)/t25-,26+/m0/s1. The van der Waals surface area contributed by atoms with Gasteiger partial charge in [0.05, 0.1) is 7.11 Å². The Hall–Kier alpha value is -4.59. The molecule has 0 radical (unpaired) electrons. The minimum Gasteiger partial charge on any atom is -0.467 e. The lowest BCUT2D eigenvalue weighted by Crippen LogP contribution is -2.53. The van der Waals surface area contributed by atoms with Crippen LogP contribution in [0, 0.1) is 0 Å². The first-order valence-corrected chi connectivity index (χ1v) is 12.0. The number of nitrogens with one attached hydrogen (secondary N) is 3. The lowest BCUT2D eigenvalue weighted by atomic mass is 10.0. The Bertz CT molecular complexity index is 1340. The van der Waals surface area contributed by atoms with Gasteiger partial charge in [-0.25, -0.2) is 9.59 Å². The highest BCUT2D eigenvalue weighted by molar-refractivity contribution is 5.91. The zero-order valence-electron chi connectivity index (χ0n) is 20.5. The van der Waals surface area contributed by atoms with E-state index in [1.807, 2.05) is 91.1 Å². The van der Waals surface area contributed by atoms with E-state index >= 15 is 0 Å². The number of aromatic amines is 1. The zero-order chi connectivity index (χ0) is 26.0. The maximum Gasteiger partial charge on any atom is 0.408 e. The molecule has 0 fully saturated rings. The molecule has 190 valence electrons. The van der Waals surface area contributed by atoms with Crippen LogP contribution in [0.2, 0.25) is 0 Å². The first-order valence-electron chi connectivity index (χ1n) is 12.0. The Morgan fingerprint density at radius 3 is 2.14 bits per heavy atom. The number of H-pyrrole nitrogens is 1. The highest BCUT2D eigenvalue weighted by Crippen LogP contribution is 2.19.